The molecule has 0 aliphatic carbocycles. The molecule has 1 aliphatic rings. The molecule has 1 heterocycles. The highest BCUT2D eigenvalue weighted by Crippen LogP contribution is 2.21. The summed E-state index contributed by atoms with van der Waals surface area (Å²) in [5.41, 5.74) is 1.03. The Morgan fingerprint density at radius 1 is 1.08 bits per heavy atom. The predicted molar refractivity (Wildman–Crippen MR) is 131 cm³/mol. The van der Waals surface area contributed by atoms with Gasteiger partial charge in [0.25, 0.3) is 0 Å². The van der Waals surface area contributed by atoms with E-state index in [1.54, 1.807) is 5.32 Å². The lowest BCUT2D eigenvalue weighted by atomic mass is 9.97. The standard InChI is InChI=1S/C26H36F3N3O5/c1-2-9-22(33)19(15-14-18-10-4-3-5-11-18)31-20(12-6-7-16-30-25(37)26(27,28)29)23(34)32-17-8-13-21(32)24(35)36/h3-5,10-11,19-21,31H,2,6-9,12-17H2,1H3,(H,30,37)(H,35,36)/t19-,20+,21+/m1/s1. The first kappa shape index (κ1) is 30.3. The van der Waals surface area contributed by atoms with E-state index in [9.17, 15) is 37.5 Å². The smallest absolute Gasteiger partial charge is 0.471 e. The topological polar surface area (TPSA) is 116 Å². The van der Waals surface area contributed by atoms with Gasteiger partial charge in [0, 0.05) is 19.5 Å². The van der Waals surface area contributed by atoms with Gasteiger partial charge in [0.2, 0.25) is 5.91 Å². The molecule has 0 spiro atoms. The van der Waals surface area contributed by atoms with Crippen LogP contribution in [0.1, 0.15) is 63.9 Å². The Labute approximate surface area is 215 Å². The Morgan fingerprint density at radius 3 is 2.41 bits per heavy atom. The molecule has 0 aromatic heterocycles. The zero-order chi connectivity index (χ0) is 27.4. The van der Waals surface area contributed by atoms with Crippen LogP contribution in [0.3, 0.4) is 0 Å². The summed E-state index contributed by atoms with van der Waals surface area (Å²) in [6.45, 7) is 1.95. The molecule has 0 radical (unpaired) electrons. The van der Waals surface area contributed by atoms with E-state index in [0.29, 0.717) is 44.9 Å². The molecule has 2 amide bonds. The Morgan fingerprint density at radius 2 is 1.78 bits per heavy atom. The first-order valence-electron chi connectivity index (χ1n) is 12.8. The second-order valence-electron chi connectivity index (χ2n) is 9.29. The number of halogens is 3. The average molecular weight is 528 g/mol. The number of amides is 2. The van der Waals surface area contributed by atoms with Gasteiger partial charge in [-0.2, -0.15) is 13.2 Å². The van der Waals surface area contributed by atoms with Crippen LogP contribution in [0.4, 0.5) is 13.2 Å². The van der Waals surface area contributed by atoms with Gasteiger partial charge in [0.1, 0.15) is 11.8 Å². The molecule has 11 heteroatoms. The second kappa shape index (κ2) is 14.7. The molecular formula is C26H36F3N3O5. The van der Waals surface area contributed by atoms with Crippen molar-refractivity contribution >= 4 is 23.6 Å². The van der Waals surface area contributed by atoms with E-state index in [2.05, 4.69) is 5.32 Å². The summed E-state index contributed by atoms with van der Waals surface area (Å²) >= 11 is 0. The fraction of sp³-hybridized carbons (Fsp3) is 0.615. The maximum atomic E-state index is 13.4. The Balaban J connectivity index is 2.11. The van der Waals surface area contributed by atoms with E-state index in [-0.39, 0.29) is 31.7 Å². The number of ketones is 1. The van der Waals surface area contributed by atoms with E-state index in [4.69, 9.17) is 0 Å². The van der Waals surface area contributed by atoms with Crippen LogP contribution >= 0.6 is 0 Å². The number of carboxylic acid groups (broad SMARTS) is 1. The minimum atomic E-state index is -4.97. The number of likely N-dealkylation sites (tertiary alicyclic amines) is 1. The van der Waals surface area contributed by atoms with Crippen LogP contribution in [0.2, 0.25) is 0 Å². The van der Waals surface area contributed by atoms with Gasteiger partial charge in [-0.15, -0.1) is 0 Å². The molecular weight excluding hydrogens is 491 g/mol. The highest BCUT2D eigenvalue weighted by Gasteiger charge is 2.39. The molecule has 0 unspecified atom stereocenters. The summed E-state index contributed by atoms with van der Waals surface area (Å²) in [5, 5.41) is 14.5. The SMILES string of the molecule is CCCC(=O)[C@@H](CCc1ccccc1)N[C@@H](CCCCNC(=O)C(F)(F)F)C(=O)N1CCC[C@H]1C(=O)O. The molecule has 1 aliphatic heterocycles. The normalized spacial score (nSPS) is 17.3. The van der Waals surface area contributed by atoms with Crippen molar-refractivity contribution in [3.8, 4) is 0 Å². The molecule has 2 rings (SSSR count). The van der Waals surface area contributed by atoms with Crippen LogP contribution in [-0.4, -0.2) is 71.0 Å². The molecule has 1 fully saturated rings. The lowest BCUT2D eigenvalue weighted by Crippen LogP contribution is -2.54. The van der Waals surface area contributed by atoms with Crippen LogP contribution in [0.25, 0.3) is 0 Å². The van der Waals surface area contributed by atoms with Crippen LogP contribution < -0.4 is 10.6 Å². The Kier molecular flexibility index (Phi) is 12.0. The number of nitrogens with one attached hydrogen (secondary N) is 2. The number of hydrogen-bond donors (Lipinski definition) is 3. The van der Waals surface area contributed by atoms with Gasteiger partial charge in [0.15, 0.2) is 0 Å². The summed E-state index contributed by atoms with van der Waals surface area (Å²) < 4.78 is 37.2. The zero-order valence-corrected chi connectivity index (χ0v) is 21.1. The fourth-order valence-corrected chi connectivity index (χ4v) is 4.50. The molecule has 3 atom stereocenters. The van der Waals surface area contributed by atoms with E-state index in [1.165, 1.54) is 4.90 Å². The maximum Gasteiger partial charge on any atom is 0.471 e. The van der Waals surface area contributed by atoms with Crippen molar-refractivity contribution < 1.29 is 37.5 Å². The molecule has 8 nitrogen and oxygen atoms in total. The third kappa shape index (κ3) is 9.79. The Hall–Kier alpha value is -2.95. The number of Topliss-reactive ketones (excluding diaryl/α,β-unsaturated/α-hetero) is 1. The van der Waals surface area contributed by atoms with E-state index >= 15 is 0 Å². The summed E-state index contributed by atoms with van der Waals surface area (Å²) in [5.74, 6) is -3.60. The lowest BCUT2D eigenvalue weighted by molar-refractivity contribution is -0.173. The summed E-state index contributed by atoms with van der Waals surface area (Å²) in [7, 11) is 0. The van der Waals surface area contributed by atoms with Gasteiger partial charge in [-0.3, -0.25) is 19.7 Å². The van der Waals surface area contributed by atoms with Gasteiger partial charge in [-0.25, -0.2) is 4.79 Å². The van der Waals surface area contributed by atoms with Crippen LogP contribution in [0, 0.1) is 0 Å². The Bertz CT molecular complexity index is 910. The molecule has 1 aromatic carbocycles. The quantitative estimate of drug-likeness (QED) is 0.302. The maximum absolute atomic E-state index is 13.4. The van der Waals surface area contributed by atoms with Crippen LogP contribution in [0.5, 0.6) is 0 Å². The van der Waals surface area contributed by atoms with Gasteiger partial charge >= 0.3 is 18.1 Å². The number of alkyl halides is 3. The third-order valence-electron chi connectivity index (χ3n) is 6.43. The molecule has 1 saturated heterocycles. The number of carboxylic acids is 1. The fourth-order valence-electron chi connectivity index (χ4n) is 4.50. The first-order chi connectivity index (χ1) is 17.5. The van der Waals surface area contributed by atoms with Gasteiger partial charge < -0.3 is 15.3 Å². The number of aliphatic carboxylic acids is 1. The number of nitrogens with zero attached hydrogens (tertiary/aromatic N) is 1. The number of aryl methyl sites for hydroxylation is 1. The number of carbonyl (C=O) groups excluding carboxylic acids is 3. The zero-order valence-electron chi connectivity index (χ0n) is 21.1. The van der Waals surface area contributed by atoms with Gasteiger partial charge in [-0.1, -0.05) is 37.3 Å². The summed E-state index contributed by atoms with van der Waals surface area (Å²) in [6.07, 6.45) is -1.43. The predicted octanol–water partition coefficient (Wildman–Crippen LogP) is 3.24. The number of rotatable bonds is 15. The monoisotopic (exact) mass is 527 g/mol. The van der Waals surface area contributed by atoms with E-state index < -0.39 is 42.1 Å². The average Bonchev–Trinajstić information content (AvgIpc) is 3.35. The van der Waals surface area contributed by atoms with Crippen molar-refractivity contribution in [2.24, 2.45) is 0 Å². The minimum Gasteiger partial charge on any atom is -0.480 e. The van der Waals surface area contributed by atoms with Crippen molar-refractivity contribution in [3.63, 3.8) is 0 Å². The third-order valence-corrected chi connectivity index (χ3v) is 6.43. The van der Waals surface area contributed by atoms with Gasteiger partial charge in [-0.05, 0) is 56.9 Å². The highest BCUT2D eigenvalue weighted by molar-refractivity contribution is 5.89. The molecule has 37 heavy (non-hydrogen) atoms. The van der Waals surface area contributed by atoms with Crippen molar-refractivity contribution in [1.29, 1.82) is 0 Å². The number of hydrogen-bond acceptors (Lipinski definition) is 5. The number of carbonyl (C=O) groups is 4. The van der Waals surface area contributed by atoms with E-state index in [1.807, 2.05) is 37.3 Å². The minimum absolute atomic E-state index is 0.0510. The number of unbranched alkanes of at least 4 members (excludes halogenated alkanes) is 1. The summed E-state index contributed by atoms with van der Waals surface area (Å²) in [6, 6.07) is 7.12. The summed E-state index contributed by atoms with van der Waals surface area (Å²) in [4.78, 5) is 50.3. The number of benzene rings is 1. The first-order valence-corrected chi connectivity index (χ1v) is 12.8. The molecule has 206 valence electrons. The van der Waals surface area contributed by atoms with E-state index in [0.717, 1.165) is 5.56 Å². The highest BCUT2D eigenvalue weighted by atomic mass is 19.4. The van der Waals surface area contributed by atoms with Crippen LogP contribution in [0.15, 0.2) is 30.3 Å². The molecule has 3 N–H and O–H groups in total. The second-order valence-corrected chi connectivity index (χ2v) is 9.29. The molecule has 0 bridgehead atoms. The lowest BCUT2D eigenvalue weighted by Gasteiger charge is -2.30. The largest absolute Gasteiger partial charge is 0.480 e. The molecule has 0 saturated carbocycles. The van der Waals surface area contributed by atoms with Crippen LogP contribution in [-0.2, 0) is 25.6 Å². The van der Waals surface area contributed by atoms with Crippen molar-refractivity contribution in [1.82, 2.24) is 15.5 Å². The van der Waals surface area contributed by atoms with Crippen molar-refractivity contribution in [2.45, 2.75) is 89.0 Å². The van der Waals surface area contributed by atoms with Gasteiger partial charge in [0.05, 0.1) is 12.1 Å². The molecule has 1 aromatic rings. The van der Waals surface area contributed by atoms with Crippen molar-refractivity contribution in [2.75, 3.05) is 13.1 Å². The van der Waals surface area contributed by atoms with Crippen molar-refractivity contribution in [3.05, 3.63) is 35.9 Å².